The van der Waals surface area contributed by atoms with Gasteiger partial charge in [0.25, 0.3) is 0 Å². The van der Waals surface area contributed by atoms with Gasteiger partial charge in [0.15, 0.2) is 10.9 Å². The number of aromatic amines is 1. The van der Waals surface area contributed by atoms with Gasteiger partial charge in [0, 0.05) is 11.1 Å². The first kappa shape index (κ1) is 15.7. The predicted octanol–water partition coefficient (Wildman–Crippen LogP) is 3.70. The molecule has 3 N–H and O–H groups in total. The number of H-pyrrole nitrogens is 1. The fraction of sp³-hybridized carbons (Fsp3) is 0.353. The number of nitrogens with zero attached hydrogens (tertiary/aromatic N) is 2. The van der Waals surface area contributed by atoms with E-state index >= 15 is 0 Å². The van der Waals surface area contributed by atoms with Crippen molar-refractivity contribution in [2.24, 2.45) is 5.92 Å². The van der Waals surface area contributed by atoms with Crippen molar-refractivity contribution in [3.63, 3.8) is 0 Å². The number of aryl methyl sites for hydroxylation is 1. The van der Waals surface area contributed by atoms with Gasteiger partial charge in [0.2, 0.25) is 0 Å². The summed E-state index contributed by atoms with van der Waals surface area (Å²) in [6.45, 7) is 2.29. The number of ketones is 1. The number of carbonyl (C=O) groups excluding carboxylic acids is 1. The zero-order chi connectivity index (χ0) is 16.7. The molecule has 4 rings (SSSR count). The van der Waals surface area contributed by atoms with Gasteiger partial charge < -0.3 is 10.7 Å². The minimum Gasteiger partial charge on any atom is -0.383 e. The van der Waals surface area contributed by atoms with Crippen molar-refractivity contribution in [1.29, 1.82) is 0 Å². The third-order valence-electron chi connectivity index (χ3n) is 4.39. The van der Waals surface area contributed by atoms with Gasteiger partial charge in [-0.25, -0.2) is 9.97 Å². The van der Waals surface area contributed by atoms with E-state index in [-0.39, 0.29) is 5.78 Å². The lowest BCUT2D eigenvalue weighted by molar-refractivity contribution is 0.101. The third kappa shape index (κ3) is 2.82. The molecule has 0 radical (unpaired) electrons. The van der Waals surface area contributed by atoms with Crippen LogP contribution in [0.5, 0.6) is 0 Å². The van der Waals surface area contributed by atoms with Crippen LogP contribution < -0.4 is 5.73 Å². The summed E-state index contributed by atoms with van der Waals surface area (Å²) in [5, 5.41) is 1.61. The number of nitrogen functional groups attached to an aromatic ring is 1. The summed E-state index contributed by atoms with van der Waals surface area (Å²) in [7, 11) is 0. The zero-order valence-electron chi connectivity index (χ0n) is 13.3. The number of thioether (sulfide) groups is 1. The Labute approximate surface area is 148 Å². The summed E-state index contributed by atoms with van der Waals surface area (Å²) in [5.41, 5.74) is 8.16. The first-order valence-corrected chi connectivity index (χ1v) is 9.79. The van der Waals surface area contributed by atoms with Crippen LogP contribution in [0.4, 0.5) is 5.82 Å². The molecule has 24 heavy (non-hydrogen) atoms. The van der Waals surface area contributed by atoms with Gasteiger partial charge in [-0.2, -0.15) is 0 Å². The van der Waals surface area contributed by atoms with E-state index in [9.17, 15) is 4.79 Å². The van der Waals surface area contributed by atoms with Gasteiger partial charge in [-0.1, -0.05) is 18.7 Å². The fourth-order valence-electron chi connectivity index (χ4n) is 3.13. The number of hydrogen-bond acceptors (Lipinski definition) is 6. The van der Waals surface area contributed by atoms with E-state index in [2.05, 4.69) is 21.9 Å². The molecule has 0 bridgehead atoms. The lowest BCUT2D eigenvalue weighted by Crippen LogP contribution is -2.09. The Balaban J connectivity index is 1.60. The number of fused-ring (bicyclic) bond motifs is 3. The number of hydrogen-bond donors (Lipinski definition) is 2. The van der Waals surface area contributed by atoms with Gasteiger partial charge in [0.05, 0.1) is 16.8 Å². The topological polar surface area (TPSA) is 84.7 Å². The fourth-order valence-corrected chi connectivity index (χ4v) is 5.31. The maximum atomic E-state index is 12.1. The summed E-state index contributed by atoms with van der Waals surface area (Å²) in [5.74, 6) is 1.59. The van der Waals surface area contributed by atoms with Gasteiger partial charge in [-0.05, 0) is 42.9 Å². The number of thiophene rings is 1. The van der Waals surface area contributed by atoms with E-state index in [0.717, 1.165) is 23.1 Å². The zero-order valence-corrected chi connectivity index (χ0v) is 15.0. The minimum absolute atomic E-state index is 0.0339. The molecule has 0 unspecified atom stereocenters. The second-order valence-electron chi connectivity index (χ2n) is 6.22. The van der Waals surface area contributed by atoms with Gasteiger partial charge in [-0.3, -0.25) is 4.79 Å². The van der Waals surface area contributed by atoms with Crippen LogP contribution in [0, 0.1) is 5.92 Å². The number of nitrogens with one attached hydrogen (secondary N) is 1. The first-order chi connectivity index (χ1) is 11.6. The lowest BCUT2D eigenvalue weighted by Gasteiger charge is -2.17. The third-order valence-corrected chi connectivity index (χ3v) is 6.39. The van der Waals surface area contributed by atoms with E-state index in [1.165, 1.54) is 28.6 Å². The summed E-state index contributed by atoms with van der Waals surface area (Å²) >= 11 is 3.07. The molecule has 5 nitrogen and oxygen atoms in total. The Morgan fingerprint density at radius 3 is 3.17 bits per heavy atom. The van der Waals surface area contributed by atoms with E-state index < -0.39 is 0 Å². The average Bonchev–Trinajstić information content (AvgIpc) is 3.19. The monoisotopic (exact) mass is 358 g/mol. The smallest absolute Gasteiger partial charge is 0.191 e. The summed E-state index contributed by atoms with van der Waals surface area (Å²) < 4.78 is 0. The van der Waals surface area contributed by atoms with Crippen LogP contribution in [-0.4, -0.2) is 26.5 Å². The van der Waals surface area contributed by atoms with Crippen LogP contribution in [0.25, 0.3) is 10.2 Å². The molecule has 3 aromatic rings. The van der Waals surface area contributed by atoms with Crippen LogP contribution >= 0.6 is 23.1 Å². The molecule has 3 heterocycles. The number of carbonyl (C=O) groups is 1. The van der Waals surface area contributed by atoms with E-state index in [1.807, 2.05) is 6.07 Å². The summed E-state index contributed by atoms with van der Waals surface area (Å²) in [6.07, 6.45) is 5.10. The van der Waals surface area contributed by atoms with Crippen molar-refractivity contribution in [2.45, 2.75) is 31.3 Å². The molecule has 1 aliphatic carbocycles. The number of nitrogens with two attached hydrogens (primary N) is 1. The predicted molar refractivity (Wildman–Crippen MR) is 98.9 cm³/mol. The van der Waals surface area contributed by atoms with Crippen molar-refractivity contribution >= 4 is 44.9 Å². The molecule has 0 saturated heterocycles. The quantitative estimate of drug-likeness (QED) is 0.422. The molecule has 3 aromatic heterocycles. The molecular formula is C17H18N4OS2. The SMILES string of the molecule is C[C@@H]1CCc2c(sc3nc(SCC(=O)c4ccc[nH]4)nc(N)c23)C1. The van der Waals surface area contributed by atoms with Crippen LogP contribution in [0.1, 0.15) is 34.3 Å². The van der Waals surface area contributed by atoms with Crippen LogP contribution in [0.3, 0.4) is 0 Å². The van der Waals surface area contributed by atoms with E-state index in [4.69, 9.17) is 5.73 Å². The molecule has 0 fully saturated rings. The maximum absolute atomic E-state index is 12.1. The Morgan fingerprint density at radius 2 is 2.38 bits per heavy atom. The summed E-state index contributed by atoms with van der Waals surface area (Å²) in [6, 6.07) is 3.59. The van der Waals surface area contributed by atoms with Crippen LogP contribution in [0.15, 0.2) is 23.5 Å². The maximum Gasteiger partial charge on any atom is 0.191 e. The molecule has 0 aromatic carbocycles. The van der Waals surface area contributed by atoms with Crippen molar-refractivity contribution in [3.8, 4) is 0 Å². The molecule has 124 valence electrons. The van der Waals surface area contributed by atoms with Gasteiger partial charge >= 0.3 is 0 Å². The number of aromatic nitrogens is 3. The number of Topliss-reactive ketones (excluding diaryl/α,β-unsaturated/α-hetero) is 1. The van der Waals surface area contributed by atoms with E-state index in [1.54, 1.807) is 23.6 Å². The Bertz CT molecular complexity index is 901. The van der Waals surface area contributed by atoms with Crippen molar-refractivity contribution < 1.29 is 4.79 Å². The highest BCUT2D eigenvalue weighted by atomic mass is 32.2. The lowest BCUT2D eigenvalue weighted by atomic mass is 9.89. The molecule has 1 aliphatic rings. The van der Waals surface area contributed by atoms with Gasteiger partial charge in [0.1, 0.15) is 10.6 Å². The Morgan fingerprint density at radius 1 is 1.50 bits per heavy atom. The number of anilines is 1. The molecular weight excluding hydrogens is 340 g/mol. The second kappa shape index (κ2) is 6.22. The normalized spacial score (nSPS) is 17.1. The van der Waals surface area contributed by atoms with Crippen molar-refractivity contribution in [2.75, 3.05) is 11.5 Å². The largest absolute Gasteiger partial charge is 0.383 e. The average molecular weight is 358 g/mol. The van der Waals surface area contributed by atoms with Crippen LogP contribution in [-0.2, 0) is 12.8 Å². The molecule has 0 spiro atoms. The number of rotatable bonds is 4. The molecule has 7 heteroatoms. The van der Waals surface area contributed by atoms with Crippen molar-refractivity contribution in [3.05, 3.63) is 34.5 Å². The highest BCUT2D eigenvalue weighted by Gasteiger charge is 2.23. The highest BCUT2D eigenvalue weighted by molar-refractivity contribution is 7.99. The standard InChI is InChI=1S/C17H18N4OS2/c1-9-4-5-10-13(7-9)24-16-14(10)15(18)20-17(21-16)23-8-12(22)11-3-2-6-19-11/h2-3,6,9,19H,4-5,7-8H2,1H3,(H2,18,20,21)/t9-/m1/s1. The second-order valence-corrected chi connectivity index (χ2v) is 8.25. The van der Waals surface area contributed by atoms with Crippen molar-refractivity contribution in [1.82, 2.24) is 15.0 Å². The Kier molecular flexibility index (Phi) is 4.05. The molecule has 0 amide bonds. The highest BCUT2D eigenvalue weighted by Crippen LogP contribution is 2.39. The van der Waals surface area contributed by atoms with Crippen LogP contribution in [0.2, 0.25) is 0 Å². The summed E-state index contributed by atoms with van der Waals surface area (Å²) in [4.78, 5) is 26.4. The molecule has 0 saturated carbocycles. The Hall–Kier alpha value is -1.86. The van der Waals surface area contributed by atoms with E-state index in [0.29, 0.717) is 28.3 Å². The minimum atomic E-state index is 0.0339. The molecule has 1 atom stereocenters. The first-order valence-electron chi connectivity index (χ1n) is 7.99. The molecule has 0 aliphatic heterocycles. The van der Waals surface area contributed by atoms with Gasteiger partial charge in [-0.15, -0.1) is 11.3 Å².